The van der Waals surface area contributed by atoms with Crippen molar-refractivity contribution in [1.29, 1.82) is 0 Å². The molecule has 1 aromatic carbocycles. The zero-order valence-electron chi connectivity index (χ0n) is 15.6. The Hall–Kier alpha value is -2.43. The van der Waals surface area contributed by atoms with Gasteiger partial charge in [-0.25, -0.2) is 9.97 Å². The van der Waals surface area contributed by atoms with E-state index in [1.165, 1.54) is 5.56 Å². The second kappa shape index (κ2) is 9.16. The first kappa shape index (κ1) is 18.9. The number of nitrogens with one attached hydrogen (secondary N) is 1. The van der Waals surface area contributed by atoms with Gasteiger partial charge in [-0.3, -0.25) is 4.79 Å². The third-order valence-electron chi connectivity index (χ3n) is 3.97. The van der Waals surface area contributed by atoms with Crippen LogP contribution in [-0.4, -0.2) is 28.5 Å². The number of amides is 1. The van der Waals surface area contributed by atoms with Crippen molar-refractivity contribution in [2.45, 2.75) is 53.1 Å². The summed E-state index contributed by atoms with van der Waals surface area (Å²) < 4.78 is 0. The summed E-state index contributed by atoms with van der Waals surface area (Å²) in [5, 5.41) is 2.92. The van der Waals surface area contributed by atoms with Crippen LogP contribution in [-0.2, 0) is 6.54 Å². The average Bonchev–Trinajstić information content (AvgIpc) is 2.60. The van der Waals surface area contributed by atoms with Crippen molar-refractivity contribution in [2.75, 3.05) is 11.4 Å². The van der Waals surface area contributed by atoms with Crippen LogP contribution >= 0.6 is 0 Å². The van der Waals surface area contributed by atoms with Gasteiger partial charge in [0.1, 0.15) is 5.69 Å². The predicted molar refractivity (Wildman–Crippen MR) is 102 cm³/mol. The van der Waals surface area contributed by atoms with E-state index < -0.39 is 0 Å². The summed E-state index contributed by atoms with van der Waals surface area (Å²) in [6.07, 6.45) is 2.02. The normalized spacial score (nSPS) is 10.8. The summed E-state index contributed by atoms with van der Waals surface area (Å²) in [7, 11) is 0. The summed E-state index contributed by atoms with van der Waals surface area (Å²) in [6, 6.07) is 12.2. The molecule has 2 rings (SSSR count). The summed E-state index contributed by atoms with van der Waals surface area (Å²) in [5.74, 6) is 0.461. The highest BCUT2D eigenvalue weighted by molar-refractivity contribution is 5.92. The molecule has 1 N–H and O–H groups in total. The topological polar surface area (TPSA) is 58.1 Å². The van der Waals surface area contributed by atoms with Gasteiger partial charge >= 0.3 is 0 Å². The molecule has 0 saturated carbocycles. The molecule has 5 nitrogen and oxygen atoms in total. The van der Waals surface area contributed by atoms with Crippen LogP contribution in [0.4, 0.5) is 5.95 Å². The van der Waals surface area contributed by atoms with Gasteiger partial charge in [-0.2, -0.15) is 0 Å². The molecule has 0 radical (unpaired) electrons. The van der Waals surface area contributed by atoms with E-state index in [-0.39, 0.29) is 11.9 Å². The third kappa shape index (κ3) is 5.55. The Bertz CT molecular complexity index is 685. The molecule has 0 unspecified atom stereocenters. The highest BCUT2D eigenvalue weighted by atomic mass is 16.1. The maximum atomic E-state index is 12.4. The second-order valence-electron chi connectivity index (χ2n) is 6.51. The van der Waals surface area contributed by atoms with Gasteiger partial charge in [0.15, 0.2) is 0 Å². The average molecular weight is 340 g/mol. The molecule has 0 bridgehead atoms. The molecular formula is C20H28N4O. The standard InChI is InChI=1S/C20H28N4O/c1-5-6-12-21-19(25)18-13-16(4)22-20(23-18)24(15(2)3)14-17-10-8-7-9-11-17/h7-11,13,15H,5-6,12,14H2,1-4H3,(H,21,25). The van der Waals surface area contributed by atoms with Crippen molar-refractivity contribution in [3.05, 3.63) is 53.3 Å². The first-order valence-corrected chi connectivity index (χ1v) is 8.95. The quantitative estimate of drug-likeness (QED) is 0.744. The van der Waals surface area contributed by atoms with Crippen molar-refractivity contribution in [1.82, 2.24) is 15.3 Å². The van der Waals surface area contributed by atoms with Crippen LogP contribution in [0.3, 0.4) is 0 Å². The van der Waals surface area contributed by atoms with Gasteiger partial charge in [0.25, 0.3) is 5.91 Å². The van der Waals surface area contributed by atoms with E-state index in [1.807, 2.05) is 25.1 Å². The number of rotatable bonds is 8. The number of hydrogen-bond donors (Lipinski definition) is 1. The molecule has 1 amide bonds. The maximum Gasteiger partial charge on any atom is 0.270 e. The molecule has 0 fully saturated rings. The van der Waals surface area contributed by atoms with Crippen LogP contribution < -0.4 is 10.2 Å². The van der Waals surface area contributed by atoms with Crippen LogP contribution in [0.1, 0.15) is 55.4 Å². The Morgan fingerprint density at radius 1 is 1.20 bits per heavy atom. The zero-order chi connectivity index (χ0) is 18.2. The maximum absolute atomic E-state index is 12.4. The minimum absolute atomic E-state index is 0.136. The van der Waals surface area contributed by atoms with E-state index in [9.17, 15) is 4.79 Å². The lowest BCUT2D eigenvalue weighted by Gasteiger charge is -2.27. The van der Waals surface area contributed by atoms with Crippen molar-refractivity contribution >= 4 is 11.9 Å². The summed E-state index contributed by atoms with van der Waals surface area (Å²) in [6.45, 7) is 9.59. The number of hydrogen-bond acceptors (Lipinski definition) is 4. The molecule has 25 heavy (non-hydrogen) atoms. The largest absolute Gasteiger partial charge is 0.351 e. The van der Waals surface area contributed by atoms with Crippen molar-refractivity contribution < 1.29 is 4.79 Å². The molecule has 5 heteroatoms. The third-order valence-corrected chi connectivity index (χ3v) is 3.97. The number of nitrogens with zero attached hydrogens (tertiary/aromatic N) is 3. The molecule has 1 aromatic heterocycles. The van der Waals surface area contributed by atoms with Gasteiger partial charge in [-0.05, 0) is 38.8 Å². The lowest BCUT2D eigenvalue weighted by molar-refractivity contribution is 0.0948. The smallest absolute Gasteiger partial charge is 0.270 e. The first-order valence-electron chi connectivity index (χ1n) is 8.95. The molecule has 1 heterocycles. The predicted octanol–water partition coefficient (Wildman–Crippen LogP) is 3.73. The zero-order valence-corrected chi connectivity index (χ0v) is 15.6. The van der Waals surface area contributed by atoms with E-state index in [2.05, 4.69) is 53.1 Å². The monoisotopic (exact) mass is 340 g/mol. The number of aryl methyl sites for hydroxylation is 1. The Kier molecular flexibility index (Phi) is 6.92. The molecule has 2 aromatic rings. The fraction of sp³-hybridized carbons (Fsp3) is 0.450. The Morgan fingerprint density at radius 2 is 1.92 bits per heavy atom. The number of anilines is 1. The van der Waals surface area contributed by atoms with E-state index >= 15 is 0 Å². The number of aromatic nitrogens is 2. The van der Waals surface area contributed by atoms with Crippen LogP contribution in [0.25, 0.3) is 0 Å². The Morgan fingerprint density at radius 3 is 2.56 bits per heavy atom. The van der Waals surface area contributed by atoms with Crippen LogP contribution in [0.2, 0.25) is 0 Å². The highest BCUT2D eigenvalue weighted by Crippen LogP contribution is 2.17. The molecule has 0 aliphatic rings. The van der Waals surface area contributed by atoms with Gasteiger partial charge in [0, 0.05) is 24.8 Å². The molecule has 0 aliphatic heterocycles. The van der Waals surface area contributed by atoms with Crippen LogP contribution in [0, 0.1) is 6.92 Å². The fourth-order valence-corrected chi connectivity index (χ4v) is 2.53. The highest BCUT2D eigenvalue weighted by Gasteiger charge is 2.17. The summed E-state index contributed by atoms with van der Waals surface area (Å²) in [5.41, 5.74) is 2.41. The first-order chi connectivity index (χ1) is 12.0. The van der Waals surface area contributed by atoms with Crippen molar-refractivity contribution in [2.24, 2.45) is 0 Å². The molecule has 0 aliphatic carbocycles. The number of benzene rings is 1. The SMILES string of the molecule is CCCCNC(=O)c1cc(C)nc(N(Cc2ccccc2)C(C)C)n1. The van der Waals surface area contributed by atoms with Gasteiger partial charge in [0.2, 0.25) is 5.95 Å². The fourth-order valence-electron chi connectivity index (χ4n) is 2.53. The molecule has 134 valence electrons. The second-order valence-corrected chi connectivity index (χ2v) is 6.51. The minimum atomic E-state index is -0.136. The number of carbonyl (C=O) groups excluding carboxylic acids is 1. The Labute approximate surface area is 150 Å². The van der Waals surface area contributed by atoms with Gasteiger partial charge < -0.3 is 10.2 Å². The molecule has 0 atom stereocenters. The van der Waals surface area contributed by atoms with Gasteiger partial charge in [-0.15, -0.1) is 0 Å². The molecule has 0 saturated heterocycles. The van der Waals surface area contributed by atoms with Crippen molar-refractivity contribution in [3.63, 3.8) is 0 Å². The lowest BCUT2D eigenvalue weighted by Crippen LogP contribution is -2.33. The number of carbonyl (C=O) groups is 1. The van der Waals surface area contributed by atoms with Crippen molar-refractivity contribution in [3.8, 4) is 0 Å². The summed E-state index contributed by atoms with van der Waals surface area (Å²) >= 11 is 0. The number of unbranched alkanes of at least 4 members (excludes halogenated alkanes) is 1. The van der Waals surface area contributed by atoms with E-state index in [0.717, 1.165) is 18.5 Å². The minimum Gasteiger partial charge on any atom is -0.351 e. The van der Waals surface area contributed by atoms with Crippen LogP contribution in [0.15, 0.2) is 36.4 Å². The summed E-state index contributed by atoms with van der Waals surface area (Å²) in [4.78, 5) is 23.6. The molecule has 0 spiro atoms. The van der Waals surface area contributed by atoms with E-state index in [0.29, 0.717) is 24.7 Å². The van der Waals surface area contributed by atoms with E-state index in [4.69, 9.17) is 0 Å². The van der Waals surface area contributed by atoms with Gasteiger partial charge in [-0.1, -0.05) is 43.7 Å². The van der Waals surface area contributed by atoms with Gasteiger partial charge in [0.05, 0.1) is 0 Å². The Balaban J connectivity index is 2.24. The van der Waals surface area contributed by atoms with Crippen LogP contribution in [0.5, 0.6) is 0 Å². The lowest BCUT2D eigenvalue weighted by atomic mass is 10.2. The molecular weight excluding hydrogens is 312 g/mol. The van der Waals surface area contributed by atoms with E-state index in [1.54, 1.807) is 6.07 Å².